The van der Waals surface area contributed by atoms with Crippen LogP contribution in [-0.2, 0) is 6.61 Å². The molecule has 0 saturated heterocycles. The van der Waals surface area contributed by atoms with Crippen molar-refractivity contribution in [2.24, 2.45) is 5.92 Å². The van der Waals surface area contributed by atoms with Crippen LogP contribution in [0, 0.1) is 5.92 Å². The minimum atomic E-state index is -0.391. The molecule has 0 radical (unpaired) electrons. The molecule has 1 amide bonds. The fourth-order valence-electron chi connectivity index (χ4n) is 2.85. The number of fused-ring (bicyclic) bond motifs is 1. The number of hydrogen-bond donors (Lipinski definition) is 2. The zero-order chi connectivity index (χ0) is 20.1. The van der Waals surface area contributed by atoms with Crippen LogP contribution in [0.2, 0.25) is 0 Å². The molecule has 2 aromatic carbocycles. The van der Waals surface area contributed by atoms with Crippen molar-refractivity contribution in [3.05, 3.63) is 53.9 Å². The van der Waals surface area contributed by atoms with Gasteiger partial charge >= 0.3 is 0 Å². The molecule has 3 aromatic rings. The first kappa shape index (κ1) is 19.7. The first-order valence-electron chi connectivity index (χ1n) is 9.09. The summed E-state index contributed by atoms with van der Waals surface area (Å²) < 4.78 is 16.5. The number of amides is 1. The van der Waals surface area contributed by atoms with Crippen molar-refractivity contribution in [1.29, 1.82) is 0 Å². The molecule has 0 aliphatic carbocycles. The number of aliphatic hydroxyl groups excluding tert-OH is 1. The van der Waals surface area contributed by atoms with Crippen LogP contribution in [-0.4, -0.2) is 35.9 Å². The first-order chi connectivity index (χ1) is 13.5. The van der Waals surface area contributed by atoms with Crippen LogP contribution in [0.4, 0.5) is 0 Å². The lowest BCUT2D eigenvalue weighted by molar-refractivity contribution is 0.0887. The first-order valence-corrected chi connectivity index (χ1v) is 9.09. The van der Waals surface area contributed by atoms with Gasteiger partial charge < -0.3 is 24.4 Å². The van der Waals surface area contributed by atoms with Crippen LogP contribution in [0.1, 0.15) is 30.1 Å². The van der Waals surface area contributed by atoms with Crippen LogP contribution in [0.15, 0.2) is 47.0 Å². The molecule has 0 aliphatic heterocycles. The Morgan fingerprint density at radius 2 is 1.86 bits per heavy atom. The van der Waals surface area contributed by atoms with Gasteiger partial charge in [0.05, 0.1) is 19.8 Å². The van der Waals surface area contributed by atoms with E-state index in [1.165, 1.54) is 6.07 Å². The summed E-state index contributed by atoms with van der Waals surface area (Å²) in [5, 5.41) is 17.7. The number of rotatable bonds is 8. The highest BCUT2D eigenvalue weighted by atomic mass is 16.5. The Balaban J connectivity index is 1.70. The SMILES string of the molecule is COc1ccc(OCc2cc(C(=O)N[C@H](CO)C(C)C)no2)c2ccccc12. The van der Waals surface area contributed by atoms with Gasteiger partial charge in [-0.15, -0.1) is 0 Å². The van der Waals surface area contributed by atoms with Crippen LogP contribution in [0.25, 0.3) is 10.8 Å². The van der Waals surface area contributed by atoms with E-state index >= 15 is 0 Å². The van der Waals surface area contributed by atoms with Crippen molar-refractivity contribution in [3.63, 3.8) is 0 Å². The topological polar surface area (TPSA) is 93.8 Å². The highest BCUT2D eigenvalue weighted by Crippen LogP contribution is 2.33. The van der Waals surface area contributed by atoms with Crippen LogP contribution in [0.3, 0.4) is 0 Å². The molecule has 1 aromatic heterocycles. The highest BCUT2D eigenvalue weighted by molar-refractivity contribution is 5.93. The lowest BCUT2D eigenvalue weighted by Gasteiger charge is -2.18. The molecule has 1 heterocycles. The van der Waals surface area contributed by atoms with Gasteiger partial charge in [-0.05, 0) is 18.1 Å². The molecular formula is C21H24N2O5. The maximum atomic E-state index is 12.3. The van der Waals surface area contributed by atoms with Gasteiger partial charge in [0.1, 0.15) is 18.1 Å². The van der Waals surface area contributed by atoms with Crippen LogP contribution in [0.5, 0.6) is 11.5 Å². The third kappa shape index (κ3) is 4.26. The molecule has 0 saturated carbocycles. The quantitative estimate of drug-likeness (QED) is 0.620. The normalized spacial score (nSPS) is 12.2. The van der Waals surface area contributed by atoms with Crippen molar-refractivity contribution < 1.29 is 23.9 Å². The summed E-state index contributed by atoms with van der Waals surface area (Å²) in [6, 6.07) is 12.7. The smallest absolute Gasteiger partial charge is 0.273 e. The second-order valence-electron chi connectivity index (χ2n) is 6.79. The fourth-order valence-corrected chi connectivity index (χ4v) is 2.85. The molecular weight excluding hydrogens is 360 g/mol. The van der Waals surface area contributed by atoms with Crippen molar-refractivity contribution in [2.45, 2.75) is 26.5 Å². The van der Waals surface area contributed by atoms with E-state index in [1.54, 1.807) is 7.11 Å². The molecule has 2 N–H and O–H groups in total. The molecule has 7 heteroatoms. The molecule has 0 unspecified atom stereocenters. The second kappa shape index (κ2) is 8.75. The van der Waals surface area contributed by atoms with E-state index in [-0.39, 0.29) is 30.9 Å². The number of ether oxygens (including phenoxy) is 2. The number of nitrogens with zero attached hydrogens (tertiary/aromatic N) is 1. The molecule has 0 fully saturated rings. The maximum Gasteiger partial charge on any atom is 0.273 e. The number of nitrogens with one attached hydrogen (secondary N) is 1. The average Bonchev–Trinajstić information content (AvgIpc) is 3.19. The number of aliphatic hydroxyl groups is 1. The summed E-state index contributed by atoms with van der Waals surface area (Å²) in [7, 11) is 1.63. The average molecular weight is 384 g/mol. The zero-order valence-electron chi connectivity index (χ0n) is 16.1. The van der Waals surface area contributed by atoms with Crippen molar-refractivity contribution in [1.82, 2.24) is 10.5 Å². The predicted octanol–water partition coefficient (Wildman–Crippen LogP) is 3.16. The van der Waals surface area contributed by atoms with Gasteiger partial charge in [-0.1, -0.05) is 43.3 Å². The number of aromatic nitrogens is 1. The van der Waals surface area contributed by atoms with Crippen molar-refractivity contribution in [3.8, 4) is 11.5 Å². The Morgan fingerprint density at radius 3 is 2.50 bits per heavy atom. The van der Waals surface area contributed by atoms with Gasteiger partial charge in [0, 0.05) is 16.8 Å². The Bertz CT molecular complexity index is 951. The Hall–Kier alpha value is -3.06. The predicted molar refractivity (Wildman–Crippen MR) is 105 cm³/mol. The fraction of sp³-hybridized carbons (Fsp3) is 0.333. The van der Waals surface area contributed by atoms with E-state index < -0.39 is 5.91 Å². The monoisotopic (exact) mass is 384 g/mol. The summed E-state index contributed by atoms with van der Waals surface area (Å²) in [6.07, 6.45) is 0. The van der Waals surface area contributed by atoms with E-state index in [0.717, 1.165) is 16.5 Å². The largest absolute Gasteiger partial charge is 0.496 e. The Kier molecular flexibility index (Phi) is 6.16. The van der Waals surface area contributed by atoms with Gasteiger partial charge in [-0.3, -0.25) is 4.79 Å². The lowest BCUT2D eigenvalue weighted by atomic mass is 10.1. The molecule has 148 valence electrons. The number of methoxy groups -OCH3 is 1. The van der Waals surface area contributed by atoms with Crippen LogP contribution >= 0.6 is 0 Å². The van der Waals surface area contributed by atoms with E-state index in [2.05, 4.69) is 10.5 Å². The van der Waals surface area contributed by atoms with E-state index in [4.69, 9.17) is 14.0 Å². The van der Waals surface area contributed by atoms with Gasteiger partial charge in [-0.2, -0.15) is 0 Å². The van der Waals surface area contributed by atoms with Gasteiger partial charge in [0.2, 0.25) is 0 Å². The van der Waals surface area contributed by atoms with Gasteiger partial charge in [-0.25, -0.2) is 0 Å². The number of carbonyl (C=O) groups is 1. The Labute approximate surface area is 163 Å². The number of benzene rings is 2. The van der Waals surface area contributed by atoms with Crippen LogP contribution < -0.4 is 14.8 Å². The van der Waals surface area contributed by atoms with E-state index in [1.807, 2.05) is 50.2 Å². The summed E-state index contributed by atoms with van der Waals surface area (Å²) >= 11 is 0. The molecule has 28 heavy (non-hydrogen) atoms. The lowest BCUT2D eigenvalue weighted by Crippen LogP contribution is -2.41. The maximum absolute atomic E-state index is 12.3. The standard InChI is InChI=1S/C21H24N2O5/c1-13(2)18(11-24)22-21(25)17-10-14(28-23-17)12-27-20-9-8-19(26-3)15-6-4-5-7-16(15)20/h4-10,13,18,24H,11-12H2,1-3H3,(H,22,25)/t18-/m1/s1. The van der Waals surface area contributed by atoms with E-state index in [0.29, 0.717) is 11.5 Å². The minimum absolute atomic E-state index is 0.104. The zero-order valence-corrected chi connectivity index (χ0v) is 16.1. The highest BCUT2D eigenvalue weighted by Gasteiger charge is 2.19. The molecule has 1 atom stereocenters. The molecule has 0 aliphatic rings. The third-order valence-corrected chi connectivity index (χ3v) is 4.54. The summed E-state index contributed by atoms with van der Waals surface area (Å²) in [5.74, 6) is 1.59. The third-order valence-electron chi connectivity index (χ3n) is 4.54. The second-order valence-corrected chi connectivity index (χ2v) is 6.79. The van der Waals surface area contributed by atoms with Crippen molar-refractivity contribution >= 4 is 16.7 Å². The number of hydrogen-bond acceptors (Lipinski definition) is 6. The molecule has 0 spiro atoms. The molecule has 3 rings (SSSR count). The summed E-state index contributed by atoms with van der Waals surface area (Å²) in [4.78, 5) is 12.3. The minimum Gasteiger partial charge on any atom is -0.496 e. The van der Waals surface area contributed by atoms with Crippen molar-refractivity contribution in [2.75, 3.05) is 13.7 Å². The number of carbonyl (C=O) groups excluding carboxylic acids is 1. The molecule has 7 nitrogen and oxygen atoms in total. The molecule has 0 bridgehead atoms. The summed E-state index contributed by atoms with van der Waals surface area (Å²) in [6.45, 7) is 3.83. The Morgan fingerprint density at radius 1 is 1.18 bits per heavy atom. The van der Waals surface area contributed by atoms with E-state index in [9.17, 15) is 9.90 Å². The van der Waals surface area contributed by atoms with Gasteiger partial charge in [0.25, 0.3) is 5.91 Å². The van der Waals surface area contributed by atoms with Gasteiger partial charge in [0.15, 0.2) is 11.5 Å². The summed E-state index contributed by atoms with van der Waals surface area (Å²) in [5.41, 5.74) is 0.150.